The molecule has 0 spiro atoms. The monoisotopic (exact) mass is 375 g/mol. The Morgan fingerprint density at radius 3 is 2.36 bits per heavy atom. The Balaban J connectivity index is 1.48. The van der Waals surface area contributed by atoms with Gasteiger partial charge in [0.15, 0.2) is 0 Å². The summed E-state index contributed by atoms with van der Waals surface area (Å²) in [6, 6.07) is 16.8. The van der Waals surface area contributed by atoms with E-state index in [0.717, 1.165) is 30.7 Å². The van der Waals surface area contributed by atoms with Crippen molar-refractivity contribution in [2.45, 2.75) is 50.9 Å². The third-order valence-electron chi connectivity index (χ3n) is 7.56. The van der Waals surface area contributed by atoms with Gasteiger partial charge in [0.25, 0.3) is 0 Å². The van der Waals surface area contributed by atoms with E-state index in [1.807, 2.05) is 24.3 Å². The number of amides is 1. The SMILES string of the molecule is COc1ccccc1NC(=O)C12C[C@H]3C[C@H](C1)CC(c1ccc(C)cc1)(C3)C2. The normalized spacial score (nSPS) is 32.9. The number of ether oxygens (including phenoxy) is 1. The van der Waals surface area contributed by atoms with E-state index >= 15 is 0 Å². The molecule has 3 heteroatoms. The number of benzene rings is 2. The van der Waals surface area contributed by atoms with Gasteiger partial charge in [0.05, 0.1) is 18.2 Å². The van der Waals surface area contributed by atoms with Crippen LogP contribution in [0.2, 0.25) is 0 Å². The Morgan fingerprint density at radius 1 is 1.00 bits per heavy atom. The van der Waals surface area contributed by atoms with Crippen LogP contribution in [0.1, 0.15) is 49.7 Å². The first kappa shape index (κ1) is 17.8. The van der Waals surface area contributed by atoms with Crippen molar-refractivity contribution in [1.82, 2.24) is 0 Å². The maximum atomic E-state index is 13.6. The van der Waals surface area contributed by atoms with Crippen LogP contribution in [-0.4, -0.2) is 13.0 Å². The van der Waals surface area contributed by atoms with Crippen LogP contribution >= 0.6 is 0 Å². The molecule has 28 heavy (non-hydrogen) atoms. The van der Waals surface area contributed by atoms with Gasteiger partial charge in [-0.3, -0.25) is 4.79 Å². The smallest absolute Gasteiger partial charge is 0.230 e. The predicted molar refractivity (Wildman–Crippen MR) is 112 cm³/mol. The Morgan fingerprint density at radius 2 is 1.68 bits per heavy atom. The van der Waals surface area contributed by atoms with Crippen molar-refractivity contribution in [2.75, 3.05) is 12.4 Å². The number of hydrogen-bond acceptors (Lipinski definition) is 2. The van der Waals surface area contributed by atoms with Crippen LogP contribution in [0.5, 0.6) is 5.75 Å². The number of methoxy groups -OCH3 is 1. The van der Waals surface area contributed by atoms with Crippen molar-refractivity contribution in [1.29, 1.82) is 0 Å². The van der Waals surface area contributed by atoms with Gasteiger partial charge in [-0.2, -0.15) is 0 Å². The molecule has 0 aliphatic heterocycles. The molecule has 1 amide bonds. The summed E-state index contributed by atoms with van der Waals surface area (Å²) in [4.78, 5) is 13.6. The van der Waals surface area contributed by atoms with Gasteiger partial charge in [0.2, 0.25) is 5.91 Å². The zero-order valence-corrected chi connectivity index (χ0v) is 16.8. The first-order chi connectivity index (χ1) is 13.5. The molecule has 4 aliphatic carbocycles. The molecule has 0 radical (unpaired) electrons. The molecule has 0 unspecified atom stereocenters. The van der Waals surface area contributed by atoms with Gasteiger partial charge < -0.3 is 10.1 Å². The molecule has 0 aromatic heterocycles. The van der Waals surface area contributed by atoms with Gasteiger partial charge in [0.1, 0.15) is 5.75 Å². The van der Waals surface area contributed by atoms with Crippen LogP contribution in [0.3, 0.4) is 0 Å². The number of para-hydroxylation sites is 2. The van der Waals surface area contributed by atoms with E-state index in [1.54, 1.807) is 7.11 Å². The highest BCUT2D eigenvalue weighted by atomic mass is 16.5. The molecule has 0 heterocycles. The topological polar surface area (TPSA) is 38.3 Å². The third-order valence-corrected chi connectivity index (χ3v) is 7.56. The van der Waals surface area contributed by atoms with E-state index in [9.17, 15) is 4.79 Å². The van der Waals surface area contributed by atoms with E-state index in [-0.39, 0.29) is 16.7 Å². The maximum Gasteiger partial charge on any atom is 0.230 e. The molecule has 6 rings (SSSR count). The van der Waals surface area contributed by atoms with Crippen LogP contribution in [-0.2, 0) is 10.2 Å². The van der Waals surface area contributed by atoms with Gasteiger partial charge in [0, 0.05) is 0 Å². The Labute approximate surface area is 167 Å². The van der Waals surface area contributed by atoms with Crippen molar-refractivity contribution in [2.24, 2.45) is 17.3 Å². The minimum atomic E-state index is -0.240. The molecule has 3 nitrogen and oxygen atoms in total. The van der Waals surface area contributed by atoms with Crippen LogP contribution in [0.15, 0.2) is 48.5 Å². The van der Waals surface area contributed by atoms with Crippen LogP contribution in [0.25, 0.3) is 0 Å². The molecule has 0 saturated heterocycles. The number of aryl methyl sites for hydroxylation is 1. The number of carbonyl (C=O) groups excluding carboxylic acids is 1. The van der Waals surface area contributed by atoms with E-state index in [1.165, 1.54) is 30.4 Å². The Hall–Kier alpha value is -2.29. The van der Waals surface area contributed by atoms with Gasteiger partial charge in [-0.15, -0.1) is 0 Å². The lowest BCUT2D eigenvalue weighted by atomic mass is 9.42. The molecule has 146 valence electrons. The molecule has 4 bridgehead atoms. The average Bonchev–Trinajstić information content (AvgIpc) is 2.68. The summed E-state index contributed by atoms with van der Waals surface area (Å²) in [6.07, 6.45) is 6.86. The van der Waals surface area contributed by atoms with Crippen LogP contribution < -0.4 is 10.1 Å². The summed E-state index contributed by atoms with van der Waals surface area (Å²) in [7, 11) is 1.65. The van der Waals surface area contributed by atoms with Gasteiger partial charge >= 0.3 is 0 Å². The van der Waals surface area contributed by atoms with Gasteiger partial charge in [-0.1, -0.05) is 42.0 Å². The summed E-state index contributed by atoms with van der Waals surface area (Å²) >= 11 is 0. The summed E-state index contributed by atoms with van der Waals surface area (Å²) in [5.41, 5.74) is 3.47. The standard InChI is InChI=1S/C25H29NO2/c1-17-7-9-20(10-8-17)24-12-18-11-19(13-24)15-25(14-18,16-24)23(27)26-21-5-3-4-6-22(21)28-2/h3-10,18-19H,11-16H2,1-2H3,(H,26,27)/t18-,19-,24?,25?/m0/s1. The van der Waals surface area contributed by atoms with Crippen molar-refractivity contribution < 1.29 is 9.53 Å². The zero-order valence-electron chi connectivity index (χ0n) is 16.8. The lowest BCUT2D eigenvalue weighted by molar-refractivity contribution is -0.143. The largest absolute Gasteiger partial charge is 0.495 e. The number of anilines is 1. The molecule has 2 aromatic rings. The maximum absolute atomic E-state index is 13.6. The fourth-order valence-corrected chi connectivity index (χ4v) is 6.78. The minimum absolute atomic E-state index is 0.176. The summed E-state index contributed by atoms with van der Waals surface area (Å²) < 4.78 is 5.45. The van der Waals surface area contributed by atoms with Crippen LogP contribution in [0.4, 0.5) is 5.69 Å². The van der Waals surface area contributed by atoms with Crippen molar-refractivity contribution in [3.8, 4) is 5.75 Å². The molecule has 2 atom stereocenters. The molecular formula is C25H29NO2. The van der Waals surface area contributed by atoms with Crippen molar-refractivity contribution in [3.63, 3.8) is 0 Å². The fraction of sp³-hybridized carbons (Fsp3) is 0.480. The van der Waals surface area contributed by atoms with Crippen LogP contribution in [0, 0.1) is 24.2 Å². The molecule has 4 saturated carbocycles. The number of nitrogens with one attached hydrogen (secondary N) is 1. The van der Waals surface area contributed by atoms with Gasteiger partial charge in [-0.25, -0.2) is 0 Å². The van der Waals surface area contributed by atoms with E-state index < -0.39 is 0 Å². The fourth-order valence-electron chi connectivity index (χ4n) is 6.78. The van der Waals surface area contributed by atoms with Crippen molar-refractivity contribution >= 4 is 11.6 Å². The van der Waals surface area contributed by atoms with E-state index in [0.29, 0.717) is 11.8 Å². The second kappa shape index (κ2) is 6.37. The minimum Gasteiger partial charge on any atom is -0.495 e. The number of rotatable bonds is 4. The van der Waals surface area contributed by atoms with E-state index in [4.69, 9.17) is 4.74 Å². The molecule has 4 aliphatic rings. The quantitative estimate of drug-likeness (QED) is 0.768. The lowest BCUT2D eigenvalue weighted by Crippen LogP contribution is -2.58. The highest BCUT2D eigenvalue weighted by molar-refractivity contribution is 5.97. The first-order valence-corrected chi connectivity index (χ1v) is 10.5. The number of carbonyl (C=O) groups is 1. The second-order valence-electron chi connectivity index (χ2n) is 9.54. The molecule has 2 aromatic carbocycles. The summed E-state index contributed by atoms with van der Waals surface area (Å²) in [6.45, 7) is 2.14. The third kappa shape index (κ3) is 2.75. The zero-order chi connectivity index (χ0) is 19.4. The van der Waals surface area contributed by atoms with E-state index in [2.05, 4.69) is 36.5 Å². The molecule has 1 N–H and O–H groups in total. The summed E-state index contributed by atoms with van der Waals surface area (Å²) in [5, 5.41) is 3.23. The van der Waals surface area contributed by atoms with Crippen molar-refractivity contribution in [3.05, 3.63) is 59.7 Å². The Kier molecular flexibility index (Phi) is 4.04. The lowest BCUT2D eigenvalue weighted by Gasteiger charge is -2.61. The average molecular weight is 376 g/mol. The first-order valence-electron chi connectivity index (χ1n) is 10.5. The number of hydrogen-bond donors (Lipinski definition) is 1. The molecular weight excluding hydrogens is 346 g/mol. The summed E-state index contributed by atoms with van der Waals surface area (Å²) in [5.74, 6) is 2.27. The molecule has 4 fully saturated rings. The Bertz CT molecular complexity index is 887. The highest BCUT2D eigenvalue weighted by Gasteiger charge is 2.60. The predicted octanol–water partition coefficient (Wildman–Crippen LogP) is 5.48. The highest BCUT2D eigenvalue weighted by Crippen LogP contribution is 2.66. The van der Waals surface area contributed by atoms with Gasteiger partial charge in [-0.05, 0) is 80.4 Å². The second-order valence-corrected chi connectivity index (χ2v) is 9.54.